The lowest BCUT2D eigenvalue weighted by molar-refractivity contribution is 0.0733. The van der Waals surface area contributed by atoms with E-state index in [0.717, 1.165) is 6.42 Å². The van der Waals surface area contributed by atoms with E-state index in [0.29, 0.717) is 40.9 Å². The molecule has 2 heterocycles. The summed E-state index contributed by atoms with van der Waals surface area (Å²) in [6.07, 6.45) is 3.09. The van der Waals surface area contributed by atoms with Gasteiger partial charge in [-0.1, -0.05) is 12.1 Å². The van der Waals surface area contributed by atoms with Crippen LogP contribution in [0.25, 0.3) is 11.1 Å². The summed E-state index contributed by atoms with van der Waals surface area (Å²) < 4.78 is 13.3. The van der Waals surface area contributed by atoms with Crippen molar-refractivity contribution < 1.29 is 14.0 Å². The highest BCUT2D eigenvalue weighted by atomic mass is 19.1. The van der Waals surface area contributed by atoms with Gasteiger partial charge in [0.05, 0.1) is 11.7 Å². The minimum absolute atomic E-state index is 0.0980. The molecular formula is C22H20FN5O2. The predicted octanol–water partition coefficient (Wildman–Crippen LogP) is 2.94. The minimum Gasteiger partial charge on any atom is -0.368 e. The third kappa shape index (κ3) is 3.71. The Labute approximate surface area is 172 Å². The van der Waals surface area contributed by atoms with Crippen LogP contribution in [0.1, 0.15) is 45.3 Å². The number of aromatic nitrogens is 2. The van der Waals surface area contributed by atoms with Gasteiger partial charge in [0.1, 0.15) is 5.82 Å². The van der Waals surface area contributed by atoms with Gasteiger partial charge in [-0.25, -0.2) is 14.4 Å². The van der Waals surface area contributed by atoms with E-state index in [4.69, 9.17) is 11.5 Å². The van der Waals surface area contributed by atoms with Crippen molar-refractivity contribution >= 4 is 17.8 Å². The second kappa shape index (κ2) is 7.90. The van der Waals surface area contributed by atoms with Gasteiger partial charge < -0.3 is 16.4 Å². The number of nitrogens with two attached hydrogens (primary N) is 2. The molecular weight excluding hydrogens is 385 g/mol. The Hall–Kier alpha value is -3.81. The van der Waals surface area contributed by atoms with Crippen molar-refractivity contribution in [2.45, 2.75) is 18.9 Å². The molecule has 2 amide bonds. The van der Waals surface area contributed by atoms with E-state index >= 15 is 0 Å². The highest BCUT2D eigenvalue weighted by Crippen LogP contribution is 2.37. The Balaban J connectivity index is 1.75. The summed E-state index contributed by atoms with van der Waals surface area (Å²) >= 11 is 0. The molecule has 0 bridgehead atoms. The Kier molecular flexibility index (Phi) is 5.14. The molecule has 0 spiro atoms. The number of anilines is 1. The third-order valence-corrected chi connectivity index (χ3v) is 5.22. The molecule has 4 rings (SSSR count). The topological polar surface area (TPSA) is 115 Å². The van der Waals surface area contributed by atoms with Crippen LogP contribution in [0.2, 0.25) is 0 Å². The summed E-state index contributed by atoms with van der Waals surface area (Å²) in [5.41, 5.74) is 14.0. The van der Waals surface area contributed by atoms with Crippen molar-refractivity contribution in [1.82, 2.24) is 14.9 Å². The highest BCUT2D eigenvalue weighted by molar-refractivity contribution is 5.95. The zero-order valence-electron chi connectivity index (χ0n) is 16.1. The van der Waals surface area contributed by atoms with E-state index in [1.165, 1.54) is 24.3 Å². The maximum Gasteiger partial charge on any atom is 0.254 e. The molecule has 1 aromatic heterocycles. The summed E-state index contributed by atoms with van der Waals surface area (Å²) in [6, 6.07) is 12.0. The minimum atomic E-state index is -0.538. The SMILES string of the molecule is NC(=O)c1cccc(-c2cnc(N)nc2[C@@H]2CCCN2C(=O)c2ccc(F)cc2)c1. The van der Waals surface area contributed by atoms with Gasteiger partial charge in [-0.2, -0.15) is 0 Å². The number of nitrogens with zero attached hydrogens (tertiary/aromatic N) is 3. The number of amides is 2. The van der Waals surface area contributed by atoms with E-state index in [9.17, 15) is 14.0 Å². The lowest BCUT2D eigenvalue weighted by atomic mass is 9.98. The number of hydrogen-bond donors (Lipinski definition) is 2. The first-order chi connectivity index (χ1) is 14.4. The monoisotopic (exact) mass is 405 g/mol. The van der Waals surface area contributed by atoms with Crippen molar-refractivity contribution in [2.24, 2.45) is 5.73 Å². The fourth-order valence-electron chi connectivity index (χ4n) is 3.78. The van der Waals surface area contributed by atoms with Crippen LogP contribution in [0.3, 0.4) is 0 Å². The van der Waals surface area contributed by atoms with E-state index in [-0.39, 0.29) is 17.9 Å². The molecule has 0 unspecified atom stereocenters. The van der Waals surface area contributed by atoms with Crippen molar-refractivity contribution in [3.63, 3.8) is 0 Å². The van der Waals surface area contributed by atoms with Gasteiger partial charge >= 0.3 is 0 Å². The fraction of sp³-hybridized carbons (Fsp3) is 0.182. The van der Waals surface area contributed by atoms with Crippen LogP contribution in [-0.4, -0.2) is 33.2 Å². The Morgan fingerprint density at radius 1 is 1.10 bits per heavy atom. The smallest absolute Gasteiger partial charge is 0.254 e. The van der Waals surface area contributed by atoms with Gasteiger partial charge in [-0.05, 0) is 54.8 Å². The van der Waals surface area contributed by atoms with E-state index in [1.807, 2.05) is 6.07 Å². The van der Waals surface area contributed by atoms with Crippen LogP contribution in [0, 0.1) is 5.82 Å². The first-order valence-corrected chi connectivity index (χ1v) is 9.53. The average Bonchev–Trinajstić information content (AvgIpc) is 3.23. The summed E-state index contributed by atoms with van der Waals surface area (Å²) in [7, 11) is 0. The first kappa shape index (κ1) is 19.5. The third-order valence-electron chi connectivity index (χ3n) is 5.22. The largest absolute Gasteiger partial charge is 0.368 e. The maximum atomic E-state index is 13.3. The van der Waals surface area contributed by atoms with Crippen LogP contribution in [0.15, 0.2) is 54.7 Å². The molecule has 152 valence electrons. The van der Waals surface area contributed by atoms with E-state index in [2.05, 4.69) is 9.97 Å². The van der Waals surface area contributed by atoms with Gasteiger partial charge in [-0.15, -0.1) is 0 Å². The van der Waals surface area contributed by atoms with Gasteiger partial charge in [0.2, 0.25) is 11.9 Å². The van der Waals surface area contributed by atoms with Gasteiger partial charge in [0.25, 0.3) is 5.91 Å². The van der Waals surface area contributed by atoms with Crippen molar-refractivity contribution in [3.05, 3.63) is 77.4 Å². The number of carbonyl (C=O) groups excluding carboxylic acids is 2. The number of benzene rings is 2. The molecule has 3 aromatic rings. The molecule has 1 saturated heterocycles. The first-order valence-electron chi connectivity index (χ1n) is 9.53. The molecule has 2 aromatic carbocycles. The van der Waals surface area contributed by atoms with E-state index in [1.54, 1.807) is 29.3 Å². The highest BCUT2D eigenvalue weighted by Gasteiger charge is 2.33. The number of halogens is 1. The fourth-order valence-corrected chi connectivity index (χ4v) is 3.78. The number of carbonyl (C=O) groups is 2. The van der Waals surface area contributed by atoms with Gasteiger partial charge in [-0.3, -0.25) is 9.59 Å². The zero-order chi connectivity index (χ0) is 21.3. The molecule has 1 fully saturated rings. The quantitative estimate of drug-likeness (QED) is 0.692. The molecule has 0 aliphatic carbocycles. The standard InChI is InChI=1S/C22H20FN5O2/c23-16-8-6-13(7-9-16)21(30)28-10-2-5-18(28)19-17(12-26-22(25)27-19)14-3-1-4-15(11-14)20(24)29/h1,3-4,6-9,11-12,18H,2,5,10H2,(H2,24,29)(H2,25,26,27)/t18-/m0/s1. The van der Waals surface area contributed by atoms with Crippen molar-refractivity contribution in [1.29, 1.82) is 0 Å². The molecule has 7 nitrogen and oxygen atoms in total. The van der Waals surface area contributed by atoms with Crippen LogP contribution < -0.4 is 11.5 Å². The second-order valence-corrected chi connectivity index (χ2v) is 7.14. The molecule has 1 aliphatic heterocycles. The summed E-state index contributed by atoms with van der Waals surface area (Å²) in [6.45, 7) is 0.547. The number of rotatable bonds is 4. The Bertz CT molecular complexity index is 1120. The lowest BCUT2D eigenvalue weighted by Crippen LogP contribution is -2.31. The Morgan fingerprint density at radius 2 is 1.87 bits per heavy atom. The predicted molar refractivity (Wildman–Crippen MR) is 110 cm³/mol. The van der Waals surface area contributed by atoms with Crippen LogP contribution in [0.4, 0.5) is 10.3 Å². The lowest BCUT2D eigenvalue weighted by Gasteiger charge is -2.26. The second-order valence-electron chi connectivity index (χ2n) is 7.14. The number of likely N-dealkylation sites (tertiary alicyclic amines) is 1. The molecule has 4 N–H and O–H groups in total. The van der Waals surface area contributed by atoms with Crippen molar-refractivity contribution in [2.75, 3.05) is 12.3 Å². The summed E-state index contributed by atoms with van der Waals surface area (Å²) in [5.74, 6) is -1.04. The number of hydrogen-bond acceptors (Lipinski definition) is 5. The molecule has 1 aliphatic rings. The molecule has 30 heavy (non-hydrogen) atoms. The molecule has 0 radical (unpaired) electrons. The normalized spacial score (nSPS) is 15.9. The van der Waals surface area contributed by atoms with Crippen molar-refractivity contribution in [3.8, 4) is 11.1 Å². The van der Waals surface area contributed by atoms with E-state index < -0.39 is 11.7 Å². The zero-order valence-corrected chi connectivity index (χ0v) is 16.1. The van der Waals surface area contributed by atoms with Gasteiger partial charge in [0, 0.05) is 29.4 Å². The number of nitrogen functional groups attached to an aromatic ring is 1. The molecule has 8 heteroatoms. The van der Waals surface area contributed by atoms with Gasteiger partial charge in [0.15, 0.2) is 0 Å². The number of primary amides is 1. The average molecular weight is 405 g/mol. The van der Waals surface area contributed by atoms with Crippen LogP contribution in [0.5, 0.6) is 0 Å². The van der Waals surface area contributed by atoms with Crippen LogP contribution >= 0.6 is 0 Å². The maximum absolute atomic E-state index is 13.3. The Morgan fingerprint density at radius 3 is 2.60 bits per heavy atom. The molecule has 1 atom stereocenters. The summed E-state index contributed by atoms with van der Waals surface area (Å²) in [5, 5.41) is 0. The van der Waals surface area contributed by atoms with Crippen LogP contribution in [-0.2, 0) is 0 Å². The summed E-state index contributed by atoms with van der Waals surface area (Å²) in [4.78, 5) is 34.9. The molecule has 0 saturated carbocycles.